The average molecular weight is 423 g/mol. The SMILES string of the molecule is CCc1ccc2c3c1cc(C(=O)NNC(=O)OC(C)(C)C)n3C(C)C(O)(O)SN2. The molecule has 1 aromatic heterocycles. The van der Waals surface area contributed by atoms with Gasteiger partial charge in [0.2, 0.25) is 0 Å². The molecule has 9 nitrogen and oxygen atoms in total. The molecule has 0 spiro atoms. The molecule has 0 bridgehead atoms. The zero-order valence-corrected chi connectivity index (χ0v) is 17.8. The molecule has 0 fully saturated rings. The molecule has 1 aromatic carbocycles. The van der Waals surface area contributed by atoms with Crippen molar-refractivity contribution in [2.75, 3.05) is 4.72 Å². The molecule has 2 heterocycles. The maximum atomic E-state index is 12.9. The number of nitrogens with zero attached hydrogens (tertiary/aromatic N) is 1. The van der Waals surface area contributed by atoms with Crippen molar-refractivity contribution in [3.8, 4) is 0 Å². The van der Waals surface area contributed by atoms with Crippen LogP contribution in [0.2, 0.25) is 0 Å². The van der Waals surface area contributed by atoms with Crippen molar-refractivity contribution in [2.24, 2.45) is 0 Å². The van der Waals surface area contributed by atoms with Crippen LogP contribution in [0.3, 0.4) is 0 Å². The number of aromatic nitrogens is 1. The van der Waals surface area contributed by atoms with Crippen molar-refractivity contribution in [1.29, 1.82) is 0 Å². The number of benzene rings is 1. The quantitative estimate of drug-likeness (QED) is 0.286. The van der Waals surface area contributed by atoms with Gasteiger partial charge in [0.15, 0.2) is 0 Å². The lowest BCUT2D eigenvalue weighted by atomic mass is 10.1. The number of aliphatic hydroxyl groups is 2. The Kier molecular flexibility index (Phi) is 5.46. The first-order valence-electron chi connectivity index (χ1n) is 9.29. The first-order chi connectivity index (χ1) is 13.4. The minimum atomic E-state index is -2.16. The van der Waals surface area contributed by atoms with E-state index in [4.69, 9.17) is 4.74 Å². The van der Waals surface area contributed by atoms with Crippen molar-refractivity contribution in [1.82, 2.24) is 15.4 Å². The Morgan fingerprint density at radius 2 is 2.00 bits per heavy atom. The summed E-state index contributed by atoms with van der Waals surface area (Å²) in [6.07, 6.45) is -0.0557. The molecule has 0 aliphatic carbocycles. The average Bonchev–Trinajstić information content (AvgIpc) is 2.98. The van der Waals surface area contributed by atoms with Crippen LogP contribution < -0.4 is 15.6 Å². The number of hydrazine groups is 1. The van der Waals surface area contributed by atoms with Crippen LogP contribution in [0.25, 0.3) is 10.9 Å². The minimum absolute atomic E-state index is 0.183. The molecule has 2 aromatic rings. The fourth-order valence-electron chi connectivity index (χ4n) is 3.22. The third kappa shape index (κ3) is 4.14. The Bertz CT molecular complexity index is 964. The van der Waals surface area contributed by atoms with Gasteiger partial charge in [-0.15, -0.1) is 0 Å². The van der Waals surface area contributed by atoms with Crippen LogP contribution in [0, 0.1) is 0 Å². The Labute approximate surface area is 172 Å². The van der Waals surface area contributed by atoms with Crippen LogP contribution in [0.4, 0.5) is 10.5 Å². The van der Waals surface area contributed by atoms with Crippen molar-refractivity contribution in [3.05, 3.63) is 29.5 Å². The van der Waals surface area contributed by atoms with Crippen LogP contribution in [0.1, 0.15) is 56.7 Å². The summed E-state index contributed by atoms with van der Waals surface area (Å²) in [5.41, 5.74) is 6.40. The number of amides is 2. The van der Waals surface area contributed by atoms with Crippen LogP contribution in [0.5, 0.6) is 0 Å². The molecule has 0 saturated carbocycles. The molecular formula is C19H26N4O5S. The lowest BCUT2D eigenvalue weighted by molar-refractivity contribution is -0.107. The van der Waals surface area contributed by atoms with E-state index >= 15 is 0 Å². The van der Waals surface area contributed by atoms with E-state index in [9.17, 15) is 19.8 Å². The number of carbonyl (C=O) groups is 2. The number of aryl methyl sites for hydroxylation is 1. The third-order valence-electron chi connectivity index (χ3n) is 4.62. The molecule has 1 atom stereocenters. The summed E-state index contributed by atoms with van der Waals surface area (Å²) in [6, 6.07) is 4.61. The first kappa shape index (κ1) is 21.3. The predicted molar refractivity (Wildman–Crippen MR) is 111 cm³/mol. The molecule has 0 radical (unpaired) electrons. The van der Waals surface area contributed by atoms with E-state index < -0.39 is 28.8 Å². The highest BCUT2D eigenvalue weighted by molar-refractivity contribution is 8.01. The zero-order valence-electron chi connectivity index (χ0n) is 17.0. The largest absolute Gasteiger partial charge is 0.443 e. The van der Waals surface area contributed by atoms with E-state index in [1.54, 1.807) is 38.3 Å². The summed E-state index contributed by atoms with van der Waals surface area (Å²) in [4.78, 5) is 24.7. The molecule has 1 aliphatic rings. The van der Waals surface area contributed by atoms with E-state index in [2.05, 4.69) is 15.6 Å². The van der Waals surface area contributed by atoms with Gasteiger partial charge >= 0.3 is 6.09 Å². The molecule has 5 N–H and O–H groups in total. The summed E-state index contributed by atoms with van der Waals surface area (Å²) in [5.74, 6) is -0.602. The Morgan fingerprint density at radius 1 is 1.31 bits per heavy atom. The van der Waals surface area contributed by atoms with Crippen molar-refractivity contribution >= 4 is 40.5 Å². The molecule has 1 aliphatic heterocycles. The maximum Gasteiger partial charge on any atom is 0.426 e. The van der Waals surface area contributed by atoms with E-state index in [0.29, 0.717) is 11.2 Å². The topological polar surface area (TPSA) is 125 Å². The Morgan fingerprint density at radius 3 is 2.62 bits per heavy atom. The normalized spacial score (nSPS) is 18.0. The lowest BCUT2D eigenvalue weighted by Crippen LogP contribution is -2.45. The molecule has 3 rings (SSSR count). The second-order valence-electron chi connectivity index (χ2n) is 7.91. The zero-order chi connectivity index (χ0) is 21.6. The van der Waals surface area contributed by atoms with E-state index in [1.807, 2.05) is 19.1 Å². The van der Waals surface area contributed by atoms with Gasteiger partial charge in [-0.1, -0.05) is 13.0 Å². The molecule has 1 unspecified atom stereocenters. The van der Waals surface area contributed by atoms with Crippen LogP contribution in [-0.4, -0.2) is 37.5 Å². The second kappa shape index (κ2) is 7.43. The molecule has 158 valence electrons. The monoisotopic (exact) mass is 422 g/mol. The maximum absolute atomic E-state index is 12.9. The summed E-state index contributed by atoms with van der Waals surface area (Å²) in [6.45, 7) is 8.75. The highest BCUT2D eigenvalue weighted by Gasteiger charge is 2.39. The smallest absolute Gasteiger partial charge is 0.426 e. The highest BCUT2D eigenvalue weighted by Crippen LogP contribution is 2.43. The van der Waals surface area contributed by atoms with Gasteiger partial charge in [0.1, 0.15) is 11.3 Å². The predicted octanol–water partition coefficient (Wildman–Crippen LogP) is 2.65. The second-order valence-corrected chi connectivity index (χ2v) is 8.92. The summed E-state index contributed by atoms with van der Waals surface area (Å²) < 4.78 is 9.65. The van der Waals surface area contributed by atoms with Crippen molar-refractivity contribution in [3.63, 3.8) is 0 Å². The molecule has 10 heteroatoms. The van der Waals surface area contributed by atoms with Gasteiger partial charge in [-0.25, -0.2) is 10.2 Å². The molecule has 0 saturated heterocycles. The van der Waals surface area contributed by atoms with E-state index in [0.717, 1.165) is 29.3 Å². The standard InChI is InChI=1S/C19H26N4O5S/c1-6-11-7-8-13-15-12(11)9-14(23(15)10(2)19(26,27)29-22-13)16(24)20-21-17(25)28-18(3,4)5/h7-10,22,26-27H,6H2,1-5H3,(H,20,24)(H,21,25). The van der Waals surface area contributed by atoms with Crippen molar-refractivity contribution in [2.45, 2.75) is 57.8 Å². The summed E-state index contributed by atoms with van der Waals surface area (Å²) in [5, 5.41) is 19.6. The van der Waals surface area contributed by atoms with E-state index in [-0.39, 0.29) is 5.69 Å². The van der Waals surface area contributed by atoms with Gasteiger partial charge < -0.3 is 24.2 Å². The third-order valence-corrected chi connectivity index (χ3v) is 5.59. The van der Waals surface area contributed by atoms with Crippen LogP contribution in [0.15, 0.2) is 18.2 Å². The Hall–Kier alpha value is -2.43. The molecular weight excluding hydrogens is 396 g/mol. The van der Waals surface area contributed by atoms with Gasteiger partial charge in [0.05, 0.1) is 17.2 Å². The first-order valence-corrected chi connectivity index (χ1v) is 10.1. The minimum Gasteiger partial charge on any atom is -0.443 e. The number of carbonyl (C=O) groups excluding carboxylic acids is 2. The number of rotatable bonds is 2. The number of hydrogen-bond donors (Lipinski definition) is 5. The number of nitrogens with one attached hydrogen (secondary N) is 3. The molecule has 2 amide bonds. The van der Waals surface area contributed by atoms with Gasteiger partial charge in [0.25, 0.3) is 11.0 Å². The van der Waals surface area contributed by atoms with Gasteiger partial charge in [-0.3, -0.25) is 10.2 Å². The summed E-state index contributed by atoms with van der Waals surface area (Å²) in [7, 11) is 0. The molecule has 29 heavy (non-hydrogen) atoms. The van der Waals surface area contributed by atoms with Crippen molar-refractivity contribution < 1.29 is 24.5 Å². The Balaban J connectivity index is 2.02. The van der Waals surface area contributed by atoms with Gasteiger partial charge in [-0.05, 0) is 51.8 Å². The van der Waals surface area contributed by atoms with Gasteiger partial charge in [0, 0.05) is 17.3 Å². The summed E-state index contributed by atoms with van der Waals surface area (Å²) >= 11 is 0.761. The number of ether oxygens (including phenoxy) is 1. The van der Waals surface area contributed by atoms with Crippen LogP contribution in [-0.2, 0) is 11.2 Å². The lowest BCUT2D eigenvalue weighted by Gasteiger charge is -2.27. The number of hydrogen-bond acceptors (Lipinski definition) is 7. The van der Waals surface area contributed by atoms with E-state index in [1.165, 1.54) is 0 Å². The fourth-order valence-corrected chi connectivity index (χ4v) is 3.92. The highest BCUT2D eigenvalue weighted by atomic mass is 32.2. The van der Waals surface area contributed by atoms with Gasteiger partial charge in [-0.2, -0.15) is 0 Å². The van der Waals surface area contributed by atoms with Crippen LogP contribution >= 0.6 is 11.9 Å². The number of anilines is 1. The fraction of sp³-hybridized carbons (Fsp3) is 0.474.